The van der Waals surface area contributed by atoms with E-state index < -0.39 is 29.2 Å². The maximum Gasteiger partial charge on any atom is 0.353 e. The molecule has 174 valence electrons. The molecule has 11 nitrogen and oxygen atoms in total. The van der Waals surface area contributed by atoms with Crippen LogP contribution in [-0.2, 0) is 14.4 Å². The maximum absolute atomic E-state index is 12.9. The first-order valence-electron chi connectivity index (χ1n) is 9.56. The van der Waals surface area contributed by atoms with Crippen LogP contribution in [0.3, 0.4) is 0 Å². The van der Waals surface area contributed by atoms with Gasteiger partial charge in [-0.05, 0) is 12.1 Å². The molecule has 34 heavy (non-hydrogen) atoms. The molecule has 0 aliphatic carbocycles. The summed E-state index contributed by atoms with van der Waals surface area (Å²) >= 11 is 5.07. The van der Waals surface area contributed by atoms with Gasteiger partial charge in [-0.1, -0.05) is 29.1 Å². The number of thioether (sulfide) groups is 2. The minimum absolute atomic E-state index is 0.0723. The van der Waals surface area contributed by atoms with Crippen LogP contribution in [0.1, 0.15) is 5.69 Å². The number of thiazole rings is 2. The summed E-state index contributed by atoms with van der Waals surface area (Å²) in [6.07, 6.45) is 0. The molecule has 2 aromatic heterocycles. The molecule has 0 spiro atoms. The van der Waals surface area contributed by atoms with Gasteiger partial charge in [-0.3, -0.25) is 14.5 Å². The molecule has 2 aliphatic heterocycles. The highest BCUT2D eigenvalue weighted by molar-refractivity contribution is 8.07. The topological polar surface area (TPSA) is 171 Å². The normalized spacial score (nSPS) is 20.3. The second-order valence-corrected chi connectivity index (χ2v) is 11.4. The third-order valence-electron chi connectivity index (χ3n) is 4.99. The fourth-order valence-electron chi connectivity index (χ4n) is 3.49. The quantitative estimate of drug-likeness (QED) is 0.159. The molecule has 0 saturated carbocycles. The number of fused-ring (bicyclic) bond motifs is 2. The van der Waals surface area contributed by atoms with Gasteiger partial charge in [0.25, 0.3) is 11.8 Å². The first-order chi connectivity index (χ1) is 16.4. The van der Waals surface area contributed by atoms with Crippen molar-refractivity contribution in [2.75, 3.05) is 11.5 Å². The Bertz CT molecular complexity index is 1370. The SMILES string of the molecule is Nc1nc(/C(=N/O)C(=O)NC2C(=O)N3C(C(=O)O)=C(Sc4nc5ccccc5s4)CSC23)cs1. The third-order valence-corrected chi connectivity index (χ3v) is 9.30. The number of anilines is 1. The van der Waals surface area contributed by atoms with Crippen molar-refractivity contribution in [2.24, 2.45) is 5.16 Å². The number of carboxylic acid groups (broad SMARTS) is 1. The monoisotopic (exact) mass is 534 g/mol. The lowest BCUT2D eigenvalue weighted by Crippen LogP contribution is -2.71. The number of hydrogen-bond acceptors (Lipinski definition) is 12. The molecule has 2 aliphatic rings. The molecule has 0 radical (unpaired) electrons. The van der Waals surface area contributed by atoms with Crippen LogP contribution in [0, 0.1) is 0 Å². The number of nitrogen functional groups attached to an aromatic ring is 1. The van der Waals surface area contributed by atoms with Gasteiger partial charge < -0.3 is 21.4 Å². The lowest BCUT2D eigenvalue weighted by Gasteiger charge is -2.49. The molecule has 1 aromatic carbocycles. The van der Waals surface area contributed by atoms with Gasteiger partial charge in [0, 0.05) is 16.0 Å². The number of carbonyl (C=O) groups excluding carboxylic acids is 2. The summed E-state index contributed by atoms with van der Waals surface area (Å²) in [4.78, 5) is 47.7. The van der Waals surface area contributed by atoms with E-state index >= 15 is 0 Å². The minimum Gasteiger partial charge on any atom is -0.477 e. The molecule has 2 unspecified atom stereocenters. The number of rotatable bonds is 6. The average Bonchev–Trinajstić information content (AvgIpc) is 3.43. The summed E-state index contributed by atoms with van der Waals surface area (Å²) < 4.78 is 1.66. The molecule has 1 saturated heterocycles. The molecule has 5 N–H and O–H groups in total. The van der Waals surface area contributed by atoms with Crippen LogP contribution in [0.4, 0.5) is 5.13 Å². The summed E-state index contributed by atoms with van der Waals surface area (Å²) in [7, 11) is 0. The number of amides is 2. The number of para-hydroxylation sites is 1. The Hall–Kier alpha value is -3.14. The first-order valence-corrected chi connectivity index (χ1v) is 13.1. The Labute approximate surface area is 207 Å². The van der Waals surface area contributed by atoms with Gasteiger partial charge in [-0.2, -0.15) is 0 Å². The van der Waals surface area contributed by atoms with E-state index in [-0.39, 0.29) is 22.2 Å². The number of hydrogen-bond donors (Lipinski definition) is 4. The number of β-lactam (4-membered cyclic amide) rings is 1. The van der Waals surface area contributed by atoms with E-state index in [4.69, 9.17) is 5.73 Å². The standard InChI is InChI=1S/C19H14N6O5S4/c20-18-21-8(5-32-18)11(24-30)14(26)23-12-15(27)25-13(17(28)29)10(6-31-16(12)25)34-19-22-7-3-1-2-4-9(7)33-19/h1-5,12,16,30H,6H2,(H2,20,21)(H,23,26)(H,28,29)/b24-11-. The molecule has 4 heterocycles. The zero-order valence-electron chi connectivity index (χ0n) is 16.9. The van der Waals surface area contributed by atoms with Crippen molar-refractivity contribution in [3.05, 3.63) is 45.9 Å². The molecular formula is C19H14N6O5S4. The molecule has 15 heteroatoms. The van der Waals surface area contributed by atoms with Crippen LogP contribution in [-0.4, -0.2) is 65.8 Å². The maximum atomic E-state index is 12.9. The highest BCUT2D eigenvalue weighted by atomic mass is 32.2. The number of nitrogens with one attached hydrogen (secondary N) is 1. The van der Waals surface area contributed by atoms with Crippen LogP contribution < -0.4 is 11.1 Å². The average molecular weight is 535 g/mol. The summed E-state index contributed by atoms with van der Waals surface area (Å²) in [5.74, 6) is -2.29. The lowest BCUT2D eigenvalue weighted by molar-refractivity contribution is -0.150. The van der Waals surface area contributed by atoms with E-state index in [0.717, 1.165) is 21.6 Å². The highest BCUT2D eigenvalue weighted by Gasteiger charge is 2.54. The summed E-state index contributed by atoms with van der Waals surface area (Å²) in [6.45, 7) is 0. The largest absolute Gasteiger partial charge is 0.477 e. The van der Waals surface area contributed by atoms with Gasteiger partial charge in [-0.25, -0.2) is 14.8 Å². The van der Waals surface area contributed by atoms with Crippen molar-refractivity contribution >= 4 is 85.0 Å². The Morgan fingerprint density at radius 2 is 2.09 bits per heavy atom. The summed E-state index contributed by atoms with van der Waals surface area (Å²) in [5.41, 5.74) is 5.95. The Kier molecular flexibility index (Phi) is 5.93. The van der Waals surface area contributed by atoms with Crippen molar-refractivity contribution in [2.45, 2.75) is 15.8 Å². The van der Waals surface area contributed by atoms with Crippen LogP contribution in [0.5, 0.6) is 0 Å². The van der Waals surface area contributed by atoms with Crippen LogP contribution in [0.25, 0.3) is 10.2 Å². The second kappa shape index (κ2) is 8.90. The number of benzene rings is 1. The van der Waals surface area contributed by atoms with E-state index in [9.17, 15) is 24.7 Å². The van der Waals surface area contributed by atoms with Crippen LogP contribution in [0.2, 0.25) is 0 Å². The zero-order chi connectivity index (χ0) is 24.0. The number of aliphatic carboxylic acids is 1. The van der Waals surface area contributed by atoms with Crippen molar-refractivity contribution in [3.8, 4) is 0 Å². The van der Waals surface area contributed by atoms with Gasteiger partial charge in [-0.15, -0.1) is 34.4 Å². The van der Waals surface area contributed by atoms with E-state index in [1.54, 1.807) is 0 Å². The van der Waals surface area contributed by atoms with Crippen LogP contribution >= 0.6 is 46.2 Å². The van der Waals surface area contributed by atoms with Crippen LogP contribution in [0.15, 0.2) is 49.7 Å². The molecule has 2 amide bonds. The number of nitrogens with two attached hydrogens (primary N) is 1. The number of carbonyl (C=O) groups is 3. The molecular weight excluding hydrogens is 521 g/mol. The fraction of sp³-hybridized carbons (Fsp3) is 0.158. The molecule has 2 atom stereocenters. The van der Waals surface area contributed by atoms with Gasteiger partial charge in [0.15, 0.2) is 15.2 Å². The van der Waals surface area contributed by atoms with Crippen molar-refractivity contribution in [1.82, 2.24) is 20.2 Å². The van der Waals surface area contributed by atoms with Crippen molar-refractivity contribution < 1.29 is 24.7 Å². The predicted octanol–water partition coefficient (Wildman–Crippen LogP) is 2.00. The minimum atomic E-state index is -1.23. The molecule has 1 fully saturated rings. The van der Waals surface area contributed by atoms with Gasteiger partial charge in [0.1, 0.15) is 22.8 Å². The van der Waals surface area contributed by atoms with Gasteiger partial charge in [0.2, 0.25) is 0 Å². The number of carboxylic acids is 1. The van der Waals surface area contributed by atoms with E-state index in [0.29, 0.717) is 15.0 Å². The molecule has 0 bridgehead atoms. The lowest BCUT2D eigenvalue weighted by atomic mass is 10.0. The van der Waals surface area contributed by atoms with Crippen molar-refractivity contribution in [3.63, 3.8) is 0 Å². The Balaban J connectivity index is 1.35. The Morgan fingerprint density at radius 3 is 2.76 bits per heavy atom. The fourth-order valence-corrected chi connectivity index (χ4v) is 7.74. The smallest absolute Gasteiger partial charge is 0.353 e. The van der Waals surface area contributed by atoms with Gasteiger partial charge in [0.05, 0.1) is 10.2 Å². The number of aromatic nitrogens is 2. The predicted molar refractivity (Wildman–Crippen MR) is 130 cm³/mol. The summed E-state index contributed by atoms with van der Waals surface area (Å²) in [5, 5.41) is 25.6. The van der Waals surface area contributed by atoms with E-state index in [1.165, 1.54) is 45.1 Å². The summed E-state index contributed by atoms with van der Waals surface area (Å²) in [6, 6.07) is 6.62. The highest BCUT2D eigenvalue weighted by Crippen LogP contribution is 2.46. The first kappa shape index (κ1) is 22.6. The molecule has 3 aromatic rings. The number of oxime groups is 1. The van der Waals surface area contributed by atoms with Crippen molar-refractivity contribution in [1.29, 1.82) is 0 Å². The zero-order valence-corrected chi connectivity index (χ0v) is 20.1. The second-order valence-electron chi connectivity index (χ2n) is 7.01. The third kappa shape index (κ3) is 3.89. The molecule has 5 rings (SSSR count). The Morgan fingerprint density at radius 1 is 1.29 bits per heavy atom. The van der Waals surface area contributed by atoms with E-state index in [1.807, 2.05) is 24.3 Å². The number of nitrogens with zero attached hydrogens (tertiary/aromatic N) is 4. The van der Waals surface area contributed by atoms with E-state index in [2.05, 4.69) is 20.4 Å². The van der Waals surface area contributed by atoms with Gasteiger partial charge >= 0.3 is 5.97 Å².